The summed E-state index contributed by atoms with van der Waals surface area (Å²) in [6, 6.07) is 12.8. The Morgan fingerprint density at radius 3 is 2.29 bits per heavy atom. The molecular formula is C17H11N3O4. The monoisotopic (exact) mass is 321 g/mol. The molecule has 118 valence electrons. The van der Waals surface area contributed by atoms with E-state index < -0.39 is 4.92 Å². The van der Waals surface area contributed by atoms with E-state index >= 15 is 0 Å². The second-order valence-corrected chi connectivity index (χ2v) is 4.94. The fraction of sp³-hybridized carbons (Fsp3) is 0. The highest BCUT2D eigenvalue weighted by Gasteiger charge is 2.27. The van der Waals surface area contributed by atoms with Crippen molar-refractivity contribution in [3.63, 3.8) is 0 Å². The Bertz CT molecular complexity index is 929. The molecule has 0 radical (unpaired) electrons. The number of carbonyl (C=O) groups is 1. The van der Waals surface area contributed by atoms with E-state index in [1.807, 2.05) is 0 Å². The summed E-state index contributed by atoms with van der Waals surface area (Å²) >= 11 is 0. The Morgan fingerprint density at radius 1 is 0.958 bits per heavy atom. The third-order valence-electron chi connectivity index (χ3n) is 3.51. The van der Waals surface area contributed by atoms with Crippen LogP contribution in [0.2, 0.25) is 0 Å². The summed E-state index contributed by atoms with van der Waals surface area (Å²) in [6.45, 7) is 0. The average molecular weight is 321 g/mol. The van der Waals surface area contributed by atoms with Crippen LogP contribution >= 0.6 is 0 Å². The van der Waals surface area contributed by atoms with Gasteiger partial charge in [0.25, 0.3) is 5.69 Å². The van der Waals surface area contributed by atoms with Gasteiger partial charge in [-0.1, -0.05) is 36.4 Å². The number of para-hydroxylation sites is 1. The zero-order valence-electron chi connectivity index (χ0n) is 12.3. The largest absolute Gasteiger partial charge is 0.506 e. The zero-order chi connectivity index (χ0) is 17.1. The van der Waals surface area contributed by atoms with Crippen LogP contribution in [0, 0.1) is 10.1 Å². The van der Waals surface area contributed by atoms with Gasteiger partial charge in [-0.15, -0.1) is 0 Å². The number of hydrogen-bond donors (Lipinski definition) is 1. The average Bonchev–Trinajstić information content (AvgIpc) is 2.84. The fourth-order valence-corrected chi connectivity index (χ4v) is 2.35. The normalized spacial score (nSPS) is 13.9. The first-order valence-electron chi connectivity index (χ1n) is 6.96. The van der Waals surface area contributed by atoms with Crippen LogP contribution in [0.5, 0.6) is 0 Å². The summed E-state index contributed by atoms with van der Waals surface area (Å²) in [5.41, 5.74) is 1.09. The predicted molar refractivity (Wildman–Crippen MR) is 89.5 cm³/mol. The molecule has 0 saturated carbocycles. The molecule has 0 unspecified atom stereocenters. The predicted octanol–water partition coefficient (Wildman–Crippen LogP) is 3.17. The van der Waals surface area contributed by atoms with Crippen molar-refractivity contribution in [3.05, 3.63) is 80.9 Å². The minimum absolute atomic E-state index is 0.0379. The molecule has 0 aliphatic heterocycles. The maximum Gasteiger partial charge on any atom is 0.278 e. The first-order valence-corrected chi connectivity index (χ1v) is 6.96. The van der Waals surface area contributed by atoms with Gasteiger partial charge in [0, 0.05) is 17.2 Å². The molecule has 7 nitrogen and oxygen atoms in total. The lowest BCUT2D eigenvalue weighted by Crippen LogP contribution is -1.99. The molecule has 0 aromatic heterocycles. The Kier molecular flexibility index (Phi) is 3.98. The van der Waals surface area contributed by atoms with E-state index in [1.165, 1.54) is 18.3 Å². The van der Waals surface area contributed by atoms with Gasteiger partial charge in [-0.05, 0) is 6.07 Å². The Hall–Kier alpha value is -3.61. The summed E-state index contributed by atoms with van der Waals surface area (Å²) in [4.78, 5) is 22.5. The molecule has 7 heteroatoms. The number of aliphatic hydroxyl groups is 1. The fourth-order valence-electron chi connectivity index (χ4n) is 2.35. The molecule has 2 aromatic carbocycles. The van der Waals surface area contributed by atoms with Crippen molar-refractivity contribution in [2.24, 2.45) is 10.2 Å². The van der Waals surface area contributed by atoms with Crippen molar-refractivity contribution in [1.29, 1.82) is 0 Å². The van der Waals surface area contributed by atoms with Crippen molar-refractivity contribution in [2.45, 2.75) is 0 Å². The van der Waals surface area contributed by atoms with Gasteiger partial charge in [0.2, 0.25) is 0 Å². The van der Waals surface area contributed by atoms with Gasteiger partial charge in [0.05, 0.1) is 28.5 Å². The van der Waals surface area contributed by atoms with Gasteiger partial charge in [0.15, 0.2) is 5.78 Å². The second kappa shape index (κ2) is 6.25. The van der Waals surface area contributed by atoms with Crippen LogP contribution in [0.25, 0.3) is 5.76 Å². The van der Waals surface area contributed by atoms with E-state index in [2.05, 4.69) is 10.2 Å². The molecule has 1 N–H and O–H groups in total. The van der Waals surface area contributed by atoms with Crippen molar-refractivity contribution in [2.75, 3.05) is 0 Å². The highest BCUT2D eigenvalue weighted by atomic mass is 16.6. The zero-order valence-corrected chi connectivity index (χ0v) is 12.3. The third kappa shape index (κ3) is 2.70. The van der Waals surface area contributed by atoms with Crippen LogP contribution in [0.15, 0.2) is 64.3 Å². The molecule has 0 saturated heterocycles. The van der Waals surface area contributed by atoms with Crippen LogP contribution in [-0.4, -0.2) is 28.2 Å². The molecule has 0 amide bonds. The molecule has 24 heavy (non-hydrogen) atoms. The van der Waals surface area contributed by atoms with E-state index in [1.54, 1.807) is 36.4 Å². The smallest absolute Gasteiger partial charge is 0.278 e. The quantitative estimate of drug-likeness (QED) is 0.530. The number of Topliss-reactive ketones (excluding diaryl/α,β-unsaturated/α-hetero) is 1. The highest BCUT2D eigenvalue weighted by Crippen LogP contribution is 2.29. The van der Waals surface area contributed by atoms with E-state index in [-0.39, 0.29) is 22.8 Å². The maximum absolute atomic E-state index is 12.2. The molecule has 0 bridgehead atoms. The van der Waals surface area contributed by atoms with Crippen LogP contribution < -0.4 is 0 Å². The summed E-state index contributed by atoms with van der Waals surface area (Å²) in [6.07, 6.45) is 2.36. The molecule has 1 aliphatic carbocycles. The van der Waals surface area contributed by atoms with Crippen LogP contribution in [0.3, 0.4) is 0 Å². The molecule has 1 aliphatic rings. The van der Waals surface area contributed by atoms with Gasteiger partial charge in [0.1, 0.15) is 5.76 Å². The van der Waals surface area contributed by atoms with Crippen LogP contribution in [-0.2, 0) is 0 Å². The number of nitro benzene ring substituents is 1. The van der Waals surface area contributed by atoms with E-state index in [0.717, 1.165) is 6.21 Å². The Morgan fingerprint density at radius 2 is 1.58 bits per heavy atom. The lowest BCUT2D eigenvalue weighted by Gasteiger charge is -1.95. The van der Waals surface area contributed by atoms with Crippen molar-refractivity contribution >= 4 is 29.7 Å². The number of nitrogens with zero attached hydrogens (tertiary/aromatic N) is 3. The van der Waals surface area contributed by atoms with E-state index in [4.69, 9.17) is 0 Å². The first kappa shape index (κ1) is 15.3. The van der Waals surface area contributed by atoms with Crippen LogP contribution in [0.1, 0.15) is 21.5 Å². The molecule has 0 atom stereocenters. The van der Waals surface area contributed by atoms with E-state index in [9.17, 15) is 20.0 Å². The highest BCUT2D eigenvalue weighted by molar-refractivity contribution is 6.30. The van der Waals surface area contributed by atoms with Gasteiger partial charge in [-0.3, -0.25) is 14.9 Å². The van der Waals surface area contributed by atoms with Crippen molar-refractivity contribution in [3.8, 4) is 0 Å². The molecule has 0 spiro atoms. The summed E-state index contributed by atoms with van der Waals surface area (Å²) in [5.74, 6) is -0.493. The first-order chi connectivity index (χ1) is 11.6. The summed E-state index contributed by atoms with van der Waals surface area (Å²) < 4.78 is 0. The van der Waals surface area contributed by atoms with Gasteiger partial charge >= 0.3 is 0 Å². The Labute approximate surface area is 136 Å². The number of ketones is 1. The topological polar surface area (TPSA) is 105 Å². The van der Waals surface area contributed by atoms with Crippen molar-refractivity contribution in [1.82, 2.24) is 0 Å². The number of aliphatic hydroxyl groups excluding tert-OH is 1. The minimum Gasteiger partial charge on any atom is -0.506 e. The number of hydrogen-bond acceptors (Lipinski definition) is 6. The lowest BCUT2D eigenvalue weighted by atomic mass is 10.1. The summed E-state index contributed by atoms with van der Waals surface area (Å²) in [7, 11) is 0. The van der Waals surface area contributed by atoms with Crippen molar-refractivity contribution < 1.29 is 14.8 Å². The number of benzene rings is 2. The SMILES string of the molecule is O=C1C(/C=N/N=C/c2ccccc2[N+](=O)[O-])=C(O)c2ccccc21. The summed E-state index contributed by atoms with van der Waals surface area (Å²) in [5, 5.41) is 28.4. The number of carbonyl (C=O) groups excluding carboxylic acids is 1. The number of fused-ring (bicyclic) bond motifs is 1. The minimum atomic E-state index is -0.517. The molecule has 0 fully saturated rings. The number of allylic oxidation sites excluding steroid dienone is 1. The Balaban J connectivity index is 1.83. The standard InChI is InChI=1S/C17H11N3O4/c21-16-12-6-2-3-7-13(12)17(22)14(16)10-19-18-9-11-5-1-4-8-15(11)20(23)24/h1-10,21H/b18-9+,19-10+. The number of nitro groups is 1. The lowest BCUT2D eigenvalue weighted by molar-refractivity contribution is -0.385. The molecular weight excluding hydrogens is 310 g/mol. The number of rotatable bonds is 4. The third-order valence-corrected chi connectivity index (χ3v) is 3.51. The van der Waals surface area contributed by atoms with Gasteiger partial charge < -0.3 is 5.11 Å². The second-order valence-electron chi connectivity index (χ2n) is 4.94. The van der Waals surface area contributed by atoms with Crippen LogP contribution in [0.4, 0.5) is 5.69 Å². The van der Waals surface area contributed by atoms with E-state index in [0.29, 0.717) is 16.7 Å². The van der Waals surface area contributed by atoms with Gasteiger partial charge in [-0.2, -0.15) is 10.2 Å². The van der Waals surface area contributed by atoms with Gasteiger partial charge in [-0.25, -0.2) is 0 Å². The maximum atomic E-state index is 12.2. The molecule has 2 aromatic rings. The molecule has 3 rings (SSSR count). The molecule has 0 heterocycles.